The number of carbonyl (C=O) groups is 1. The Morgan fingerprint density at radius 3 is 2.55 bits per heavy atom. The van der Waals surface area contributed by atoms with E-state index in [1.165, 1.54) is 18.4 Å². The molecule has 1 heterocycles. The summed E-state index contributed by atoms with van der Waals surface area (Å²) in [5.41, 5.74) is 4.58. The van der Waals surface area contributed by atoms with E-state index in [2.05, 4.69) is 41.4 Å². The number of rotatable bonds is 5. The van der Waals surface area contributed by atoms with Crippen LogP contribution in [0.15, 0.2) is 59.1 Å². The molecule has 1 amide bonds. The summed E-state index contributed by atoms with van der Waals surface area (Å²) in [5, 5.41) is 6.65. The Labute approximate surface area is 182 Å². The van der Waals surface area contributed by atoms with Gasteiger partial charge >= 0.3 is 6.09 Å². The molecule has 1 aliphatic carbocycles. The van der Waals surface area contributed by atoms with Crippen LogP contribution in [0.25, 0.3) is 0 Å². The molecule has 1 aliphatic rings. The van der Waals surface area contributed by atoms with Crippen LogP contribution in [0.4, 0.5) is 10.5 Å². The van der Waals surface area contributed by atoms with Crippen molar-refractivity contribution in [2.24, 2.45) is 5.41 Å². The zero-order valence-corrected chi connectivity index (χ0v) is 18.1. The first kappa shape index (κ1) is 20.7. The fourth-order valence-corrected chi connectivity index (χ4v) is 3.40. The first-order chi connectivity index (χ1) is 14.9. The van der Waals surface area contributed by atoms with E-state index < -0.39 is 6.09 Å². The van der Waals surface area contributed by atoms with Gasteiger partial charge in [0.25, 0.3) is 0 Å². The van der Waals surface area contributed by atoms with Gasteiger partial charge in [-0.05, 0) is 67.7 Å². The number of hydrogen-bond donors (Lipinski definition) is 1. The number of aromatic nitrogens is 1. The number of aryl methyl sites for hydroxylation is 1. The maximum Gasteiger partial charge on any atom is 0.412 e. The molecular formula is C26H26N2O3. The third-order valence-corrected chi connectivity index (χ3v) is 5.65. The zero-order valence-electron chi connectivity index (χ0n) is 18.1. The molecule has 1 N–H and O–H groups in total. The highest BCUT2D eigenvalue weighted by Gasteiger charge is 2.36. The topological polar surface area (TPSA) is 64.4 Å². The monoisotopic (exact) mass is 414 g/mol. The van der Waals surface area contributed by atoms with Crippen LogP contribution in [-0.4, -0.2) is 11.2 Å². The van der Waals surface area contributed by atoms with Gasteiger partial charge in [-0.3, -0.25) is 5.32 Å². The normalized spacial score (nSPS) is 14.8. The van der Waals surface area contributed by atoms with Crippen molar-refractivity contribution in [1.82, 2.24) is 5.16 Å². The standard InChI is InChI=1S/C26H26N2O3/c1-18-24(27-25(29)30-19(2)22-7-5-4-6-8-22)23(31-28-18)14-13-20-9-11-21(12-10-20)17-26(3)15-16-26/h4-12,19H,15-17H2,1-3H3,(H,27,29)/t19-/m1/s1. The van der Waals surface area contributed by atoms with Gasteiger partial charge in [-0.2, -0.15) is 0 Å². The van der Waals surface area contributed by atoms with Gasteiger partial charge in [0.15, 0.2) is 0 Å². The second kappa shape index (κ2) is 8.69. The van der Waals surface area contributed by atoms with E-state index in [4.69, 9.17) is 9.26 Å². The van der Waals surface area contributed by atoms with E-state index in [0.29, 0.717) is 22.6 Å². The second-order valence-electron chi connectivity index (χ2n) is 8.49. The molecule has 5 heteroatoms. The highest BCUT2D eigenvalue weighted by Crippen LogP contribution is 2.47. The maximum absolute atomic E-state index is 12.4. The predicted molar refractivity (Wildman–Crippen MR) is 120 cm³/mol. The van der Waals surface area contributed by atoms with Crippen molar-refractivity contribution in [3.63, 3.8) is 0 Å². The third-order valence-electron chi connectivity index (χ3n) is 5.65. The van der Waals surface area contributed by atoms with Gasteiger partial charge in [0.1, 0.15) is 17.5 Å². The lowest BCUT2D eigenvalue weighted by Gasteiger charge is -2.13. The molecule has 0 aliphatic heterocycles. The van der Waals surface area contributed by atoms with Gasteiger partial charge in [-0.1, -0.05) is 60.5 Å². The van der Waals surface area contributed by atoms with E-state index in [0.717, 1.165) is 17.5 Å². The van der Waals surface area contributed by atoms with Crippen molar-refractivity contribution < 1.29 is 14.1 Å². The number of nitrogens with zero attached hydrogens (tertiary/aromatic N) is 1. The van der Waals surface area contributed by atoms with Gasteiger partial charge in [-0.15, -0.1) is 0 Å². The Morgan fingerprint density at radius 2 is 1.87 bits per heavy atom. The van der Waals surface area contributed by atoms with Crippen molar-refractivity contribution in [2.45, 2.75) is 46.1 Å². The first-order valence-corrected chi connectivity index (χ1v) is 10.5. The van der Waals surface area contributed by atoms with Gasteiger partial charge < -0.3 is 9.26 Å². The van der Waals surface area contributed by atoms with Crippen molar-refractivity contribution >= 4 is 11.8 Å². The van der Waals surface area contributed by atoms with E-state index in [-0.39, 0.29) is 6.10 Å². The second-order valence-corrected chi connectivity index (χ2v) is 8.49. The number of anilines is 1. The summed E-state index contributed by atoms with van der Waals surface area (Å²) in [5.74, 6) is 6.36. The van der Waals surface area contributed by atoms with Gasteiger partial charge in [-0.25, -0.2) is 4.79 Å². The number of ether oxygens (including phenoxy) is 1. The summed E-state index contributed by atoms with van der Waals surface area (Å²) in [4.78, 5) is 12.4. The van der Waals surface area contributed by atoms with Crippen LogP contribution in [-0.2, 0) is 11.2 Å². The smallest absolute Gasteiger partial charge is 0.412 e. The van der Waals surface area contributed by atoms with Crippen LogP contribution in [0, 0.1) is 24.2 Å². The van der Waals surface area contributed by atoms with Gasteiger partial charge in [0, 0.05) is 5.56 Å². The molecule has 1 atom stereocenters. The molecule has 0 saturated heterocycles. The molecule has 3 aromatic rings. The Kier molecular flexibility index (Phi) is 5.81. The number of carbonyl (C=O) groups excluding carboxylic acids is 1. The van der Waals surface area contributed by atoms with E-state index in [1.807, 2.05) is 49.4 Å². The molecule has 31 heavy (non-hydrogen) atoms. The first-order valence-electron chi connectivity index (χ1n) is 10.5. The van der Waals surface area contributed by atoms with E-state index in [1.54, 1.807) is 6.92 Å². The quantitative estimate of drug-likeness (QED) is 0.517. The molecule has 158 valence electrons. The van der Waals surface area contributed by atoms with Crippen molar-refractivity contribution in [3.05, 3.63) is 82.7 Å². The summed E-state index contributed by atoms with van der Waals surface area (Å²) < 4.78 is 10.8. The van der Waals surface area contributed by atoms with Crippen molar-refractivity contribution in [3.8, 4) is 11.8 Å². The summed E-state index contributed by atoms with van der Waals surface area (Å²) >= 11 is 0. The molecular weight excluding hydrogens is 388 g/mol. The third kappa shape index (κ3) is 5.35. The lowest BCUT2D eigenvalue weighted by atomic mass is 9.98. The summed E-state index contributed by atoms with van der Waals surface area (Å²) in [6, 6.07) is 17.8. The van der Waals surface area contributed by atoms with Crippen molar-refractivity contribution in [1.29, 1.82) is 0 Å². The van der Waals surface area contributed by atoms with E-state index in [9.17, 15) is 4.79 Å². The SMILES string of the molecule is Cc1noc(C#Cc2ccc(CC3(C)CC3)cc2)c1NC(=O)O[C@H](C)c1ccccc1. The molecule has 0 spiro atoms. The van der Waals surface area contributed by atoms with Crippen molar-refractivity contribution in [2.75, 3.05) is 5.32 Å². The Bertz CT molecular complexity index is 1120. The molecule has 5 nitrogen and oxygen atoms in total. The van der Waals surface area contributed by atoms with Gasteiger partial charge in [0.2, 0.25) is 5.76 Å². The number of benzene rings is 2. The lowest BCUT2D eigenvalue weighted by Crippen LogP contribution is -2.16. The molecule has 2 aromatic carbocycles. The maximum atomic E-state index is 12.4. The molecule has 1 aromatic heterocycles. The van der Waals surface area contributed by atoms with Gasteiger partial charge in [0.05, 0.1) is 0 Å². The molecule has 0 bridgehead atoms. The Morgan fingerprint density at radius 1 is 1.16 bits per heavy atom. The number of amides is 1. The highest BCUT2D eigenvalue weighted by molar-refractivity contribution is 5.87. The van der Waals surface area contributed by atoms with E-state index >= 15 is 0 Å². The highest BCUT2D eigenvalue weighted by atomic mass is 16.6. The van der Waals surface area contributed by atoms with Crippen LogP contribution in [0.1, 0.15) is 60.9 Å². The van der Waals surface area contributed by atoms with Crippen LogP contribution >= 0.6 is 0 Å². The fourth-order valence-electron chi connectivity index (χ4n) is 3.40. The minimum Gasteiger partial charge on any atom is -0.441 e. The van der Waals surface area contributed by atoms with Crippen LogP contribution < -0.4 is 5.32 Å². The Balaban J connectivity index is 1.41. The summed E-state index contributed by atoms with van der Waals surface area (Å²) in [6.45, 7) is 5.90. The fraction of sp³-hybridized carbons (Fsp3) is 0.308. The number of hydrogen-bond acceptors (Lipinski definition) is 4. The molecule has 1 fully saturated rings. The molecule has 1 saturated carbocycles. The van der Waals surface area contributed by atoms with Crippen LogP contribution in [0.3, 0.4) is 0 Å². The predicted octanol–water partition coefficient (Wildman–Crippen LogP) is 6.04. The average molecular weight is 415 g/mol. The summed E-state index contributed by atoms with van der Waals surface area (Å²) in [6.07, 6.45) is 2.76. The summed E-state index contributed by atoms with van der Waals surface area (Å²) in [7, 11) is 0. The zero-order chi connectivity index (χ0) is 21.8. The Hall–Kier alpha value is -3.52. The largest absolute Gasteiger partial charge is 0.441 e. The van der Waals surface area contributed by atoms with Crippen LogP contribution in [0.5, 0.6) is 0 Å². The lowest BCUT2D eigenvalue weighted by molar-refractivity contribution is 0.121. The van der Waals surface area contributed by atoms with Crippen LogP contribution in [0.2, 0.25) is 0 Å². The molecule has 0 unspecified atom stereocenters. The molecule has 4 rings (SSSR count). The number of nitrogens with one attached hydrogen (secondary N) is 1. The minimum absolute atomic E-state index is 0.302. The molecule has 0 radical (unpaired) electrons. The average Bonchev–Trinajstić information content (AvgIpc) is 3.40. The minimum atomic E-state index is -0.580.